The van der Waals surface area contributed by atoms with Crippen molar-refractivity contribution >= 4 is 32.3 Å². The first-order chi connectivity index (χ1) is 10.5. The average molecular weight is 334 g/mol. The zero-order valence-corrected chi connectivity index (χ0v) is 13.5. The molecule has 114 valence electrons. The van der Waals surface area contributed by atoms with Gasteiger partial charge < -0.3 is 0 Å². The molecule has 0 bridgehead atoms. The molecule has 1 saturated carbocycles. The Hall–Kier alpha value is -1.93. The van der Waals surface area contributed by atoms with Crippen molar-refractivity contribution in [2.45, 2.75) is 25.0 Å². The van der Waals surface area contributed by atoms with Crippen molar-refractivity contribution in [3.63, 3.8) is 0 Å². The maximum atomic E-state index is 12.0. The van der Waals surface area contributed by atoms with Crippen LogP contribution in [0.3, 0.4) is 0 Å². The minimum atomic E-state index is -3.33. The number of nitrogens with zero attached hydrogens (tertiary/aromatic N) is 3. The maximum absolute atomic E-state index is 12.0. The first-order valence-electron chi connectivity index (χ1n) is 6.96. The summed E-state index contributed by atoms with van der Waals surface area (Å²) >= 11 is 1.44. The van der Waals surface area contributed by atoms with Crippen molar-refractivity contribution in [2.24, 2.45) is 0 Å². The van der Waals surface area contributed by atoms with Crippen LogP contribution < -0.4 is 4.72 Å². The van der Waals surface area contributed by atoms with Crippen LogP contribution in [0, 0.1) is 6.92 Å². The molecule has 1 aliphatic carbocycles. The fourth-order valence-corrected chi connectivity index (χ4v) is 4.33. The van der Waals surface area contributed by atoms with Gasteiger partial charge in [-0.2, -0.15) is 4.98 Å². The van der Waals surface area contributed by atoms with Crippen LogP contribution in [0.1, 0.15) is 18.4 Å². The Morgan fingerprint density at radius 1 is 1.27 bits per heavy atom. The number of sulfonamides is 1. The lowest BCUT2D eigenvalue weighted by atomic mass is 10.1. The molecule has 0 aliphatic heterocycles. The summed E-state index contributed by atoms with van der Waals surface area (Å²) in [4.78, 5) is 4.92. The van der Waals surface area contributed by atoms with E-state index in [1.54, 1.807) is 4.52 Å². The largest absolute Gasteiger partial charge is 0.257 e. The lowest BCUT2D eigenvalue weighted by Gasteiger charge is -2.01. The van der Waals surface area contributed by atoms with Crippen LogP contribution >= 0.6 is 11.3 Å². The van der Waals surface area contributed by atoms with Crippen LogP contribution in [0.4, 0.5) is 5.95 Å². The molecule has 1 fully saturated rings. The lowest BCUT2D eigenvalue weighted by Crippen LogP contribution is -2.18. The highest BCUT2D eigenvalue weighted by atomic mass is 32.2. The third-order valence-corrected chi connectivity index (χ3v) is 6.26. The summed E-state index contributed by atoms with van der Waals surface area (Å²) in [6.45, 7) is 2.03. The van der Waals surface area contributed by atoms with Gasteiger partial charge in [-0.25, -0.2) is 17.7 Å². The molecule has 1 aromatic carbocycles. The predicted octanol–water partition coefficient (Wildman–Crippen LogP) is 2.67. The Morgan fingerprint density at radius 2 is 2.00 bits per heavy atom. The molecule has 4 rings (SSSR count). The van der Waals surface area contributed by atoms with E-state index in [2.05, 4.69) is 14.8 Å². The van der Waals surface area contributed by atoms with Crippen molar-refractivity contribution in [2.75, 3.05) is 4.72 Å². The number of anilines is 1. The van der Waals surface area contributed by atoms with Crippen molar-refractivity contribution in [3.8, 4) is 11.3 Å². The van der Waals surface area contributed by atoms with Crippen molar-refractivity contribution in [1.82, 2.24) is 14.6 Å². The fourth-order valence-electron chi connectivity index (χ4n) is 2.24. The Bertz CT molecular complexity index is 937. The molecule has 2 aromatic heterocycles. The Morgan fingerprint density at radius 3 is 2.68 bits per heavy atom. The number of aromatic nitrogens is 3. The number of thiazole rings is 1. The lowest BCUT2D eigenvalue weighted by molar-refractivity contribution is 0.599. The van der Waals surface area contributed by atoms with Crippen LogP contribution in [-0.4, -0.2) is 28.3 Å². The Kier molecular flexibility index (Phi) is 2.98. The molecule has 0 atom stereocenters. The second kappa shape index (κ2) is 4.79. The second-order valence-corrected chi connectivity index (χ2v) is 8.26. The van der Waals surface area contributed by atoms with Gasteiger partial charge in [0.2, 0.25) is 15.0 Å². The molecule has 2 heterocycles. The second-order valence-electron chi connectivity index (χ2n) is 5.46. The molecular formula is C14H14N4O2S2. The normalized spacial score (nSPS) is 15.3. The molecule has 0 amide bonds. The van der Waals surface area contributed by atoms with Crippen molar-refractivity contribution in [1.29, 1.82) is 0 Å². The van der Waals surface area contributed by atoms with Gasteiger partial charge in [0.25, 0.3) is 5.95 Å². The molecule has 0 spiro atoms. The number of nitrogens with one attached hydrogen (secondary N) is 1. The number of hydrogen-bond acceptors (Lipinski definition) is 5. The van der Waals surface area contributed by atoms with E-state index in [-0.39, 0.29) is 11.2 Å². The third kappa shape index (κ3) is 2.38. The summed E-state index contributed by atoms with van der Waals surface area (Å²) in [6, 6.07) is 8.11. The molecule has 8 heteroatoms. The van der Waals surface area contributed by atoms with Gasteiger partial charge in [0.05, 0.1) is 10.9 Å². The first-order valence-corrected chi connectivity index (χ1v) is 9.38. The average Bonchev–Trinajstić information content (AvgIpc) is 3.17. The topological polar surface area (TPSA) is 76.4 Å². The smallest absolute Gasteiger partial charge is 0.250 e. The SMILES string of the molecule is Cc1ccc(-c2csc3nc(NS(=O)(=O)C4CC4)nn23)cc1. The summed E-state index contributed by atoms with van der Waals surface area (Å²) < 4.78 is 28.1. The van der Waals surface area contributed by atoms with Gasteiger partial charge in [0.1, 0.15) is 0 Å². The molecule has 3 aromatic rings. The summed E-state index contributed by atoms with van der Waals surface area (Å²) in [6.07, 6.45) is 1.43. The standard InChI is InChI=1S/C14H14N4O2S2/c1-9-2-4-10(5-3-9)12-8-21-14-15-13(16-18(12)14)17-22(19,20)11-6-7-11/h2-5,8,11H,6-7H2,1H3,(H,16,17). The summed E-state index contributed by atoms with van der Waals surface area (Å²) in [5.41, 5.74) is 3.12. The highest BCUT2D eigenvalue weighted by Gasteiger charge is 2.36. The molecule has 0 saturated heterocycles. The monoisotopic (exact) mass is 334 g/mol. The van der Waals surface area contributed by atoms with E-state index < -0.39 is 10.0 Å². The van der Waals surface area contributed by atoms with Gasteiger partial charge in [-0.3, -0.25) is 0 Å². The highest BCUT2D eigenvalue weighted by Crippen LogP contribution is 2.30. The maximum Gasteiger partial charge on any atom is 0.257 e. The van der Waals surface area contributed by atoms with Gasteiger partial charge >= 0.3 is 0 Å². The van der Waals surface area contributed by atoms with Gasteiger partial charge in [-0.1, -0.05) is 29.8 Å². The van der Waals surface area contributed by atoms with E-state index in [1.165, 1.54) is 16.9 Å². The van der Waals surface area contributed by atoms with E-state index in [1.807, 2.05) is 36.6 Å². The zero-order chi connectivity index (χ0) is 15.3. The van der Waals surface area contributed by atoms with Crippen LogP contribution in [-0.2, 0) is 10.0 Å². The minimum absolute atomic E-state index is 0.145. The van der Waals surface area contributed by atoms with Gasteiger partial charge in [0, 0.05) is 10.9 Å². The van der Waals surface area contributed by atoms with E-state index in [0.29, 0.717) is 17.8 Å². The quantitative estimate of drug-likeness (QED) is 0.796. The number of benzene rings is 1. The number of hydrogen-bond donors (Lipinski definition) is 1. The van der Waals surface area contributed by atoms with E-state index in [0.717, 1.165) is 11.3 Å². The molecule has 0 radical (unpaired) electrons. The Labute approximate surface area is 131 Å². The van der Waals surface area contributed by atoms with Crippen LogP contribution in [0.15, 0.2) is 29.6 Å². The van der Waals surface area contributed by atoms with E-state index >= 15 is 0 Å². The molecule has 6 nitrogen and oxygen atoms in total. The first kappa shape index (κ1) is 13.7. The number of aryl methyl sites for hydroxylation is 1. The van der Waals surface area contributed by atoms with Gasteiger partial charge in [0.15, 0.2) is 0 Å². The van der Waals surface area contributed by atoms with E-state index in [4.69, 9.17) is 0 Å². The minimum Gasteiger partial charge on any atom is -0.250 e. The van der Waals surface area contributed by atoms with Gasteiger partial charge in [-0.15, -0.1) is 16.4 Å². The highest BCUT2D eigenvalue weighted by molar-refractivity contribution is 7.93. The zero-order valence-electron chi connectivity index (χ0n) is 11.9. The summed E-state index contributed by atoms with van der Waals surface area (Å²) in [5.74, 6) is 0.145. The van der Waals surface area contributed by atoms with Gasteiger partial charge in [-0.05, 0) is 19.8 Å². The Balaban J connectivity index is 1.71. The number of rotatable bonds is 4. The third-order valence-electron chi connectivity index (χ3n) is 3.63. The van der Waals surface area contributed by atoms with Crippen LogP contribution in [0.2, 0.25) is 0 Å². The van der Waals surface area contributed by atoms with Crippen molar-refractivity contribution in [3.05, 3.63) is 35.2 Å². The van der Waals surface area contributed by atoms with Crippen LogP contribution in [0.5, 0.6) is 0 Å². The fraction of sp³-hybridized carbons (Fsp3) is 0.286. The van der Waals surface area contributed by atoms with Crippen molar-refractivity contribution < 1.29 is 8.42 Å². The molecule has 1 N–H and O–H groups in total. The summed E-state index contributed by atoms with van der Waals surface area (Å²) in [5, 5.41) is 5.98. The molecule has 1 aliphatic rings. The van der Waals surface area contributed by atoms with Crippen LogP contribution in [0.25, 0.3) is 16.2 Å². The number of fused-ring (bicyclic) bond motifs is 1. The van der Waals surface area contributed by atoms with E-state index in [9.17, 15) is 8.42 Å². The molecule has 0 unspecified atom stereocenters. The molecular weight excluding hydrogens is 320 g/mol. The summed E-state index contributed by atoms with van der Waals surface area (Å²) in [7, 11) is -3.33. The molecule has 22 heavy (non-hydrogen) atoms. The predicted molar refractivity (Wildman–Crippen MR) is 86.6 cm³/mol.